The van der Waals surface area contributed by atoms with Crippen molar-refractivity contribution < 1.29 is 0 Å². The molecule has 0 saturated heterocycles. The standard InChI is InChI=1S/C14H30N2/c1-5-12(3)15-11-13(4)16(6-2)14-9-7-8-10-14/h12-15H,5-11H2,1-4H3. The molecular weight excluding hydrogens is 196 g/mol. The summed E-state index contributed by atoms with van der Waals surface area (Å²) in [5.41, 5.74) is 0. The molecule has 0 aromatic rings. The smallest absolute Gasteiger partial charge is 0.0195 e. The van der Waals surface area contributed by atoms with E-state index in [1.54, 1.807) is 0 Å². The third-order valence-corrected chi connectivity index (χ3v) is 4.10. The molecule has 1 N–H and O–H groups in total. The average Bonchev–Trinajstić information content (AvgIpc) is 2.80. The van der Waals surface area contributed by atoms with Gasteiger partial charge in [-0.15, -0.1) is 0 Å². The van der Waals surface area contributed by atoms with Gasteiger partial charge in [-0.1, -0.05) is 26.7 Å². The van der Waals surface area contributed by atoms with E-state index in [1.165, 1.54) is 38.6 Å². The number of hydrogen-bond donors (Lipinski definition) is 1. The van der Waals surface area contributed by atoms with Crippen LogP contribution in [0.1, 0.15) is 59.8 Å². The Hall–Kier alpha value is -0.0800. The van der Waals surface area contributed by atoms with E-state index in [2.05, 4.69) is 37.9 Å². The molecule has 0 aliphatic heterocycles. The molecule has 0 bridgehead atoms. The molecule has 0 heterocycles. The number of nitrogens with zero attached hydrogens (tertiary/aromatic N) is 1. The third-order valence-electron chi connectivity index (χ3n) is 4.10. The molecule has 2 atom stereocenters. The number of hydrogen-bond acceptors (Lipinski definition) is 2. The van der Waals surface area contributed by atoms with Gasteiger partial charge in [0.1, 0.15) is 0 Å². The van der Waals surface area contributed by atoms with Crippen molar-refractivity contribution in [3.8, 4) is 0 Å². The Labute approximate surface area is 102 Å². The van der Waals surface area contributed by atoms with Crippen molar-refractivity contribution in [1.82, 2.24) is 10.2 Å². The maximum absolute atomic E-state index is 3.63. The second-order valence-electron chi connectivity index (χ2n) is 5.34. The van der Waals surface area contributed by atoms with Crippen molar-refractivity contribution in [2.45, 2.75) is 77.9 Å². The molecule has 0 amide bonds. The minimum atomic E-state index is 0.657. The van der Waals surface area contributed by atoms with E-state index in [0.717, 1.165) is 12.6 Å². The summed E-state index contributed by atoms with van der Waals surface area (Å²) in [6, 6.07) is 2.20. The van der Waals surface area contributed by atoms with Crippen LogP contribution in [0.4, 0.5) is 0 Å². The van der Waals surface area contributed by atoms with Crippen molar-refractivity contribution in [2.75, 3.05) is 13.1 Å². The molecule has 1 fully saturated rings. The summed E-state index contributed by atoms with van der Waals surface area (Å²) >= 11 is 0. The summed E-state index contributed by atoms with van der Waals surface area (Å²) in [4.78, 5) is 2.70. The molecule has 2 heteroatoms. The van der Waals surface area contributed by atoms with Crippen molar-refractivity contribution in [1.29, 1.82) is 0 Å². The second-order valence-corrected chi connectivity index (χ2v) is 5.34. The average molecular weight is 226 g/mol. The van der Waals surface area contributed by atoms with Crippen LogP contribution in [0.25, 0.3) is 0 Å². The minimum Gasteiger partial charge on any atom is -0.313 e. The fourth-order valence-electron chi connectivity index (χ4n) is 2.80. The van der Waals surface area contributed by atoms with Gasteiger partial charge in [0.2, 0.25) is 0 Å². The van der Waals surface area contributed by atoms with Crippen LogP contribution in [0.15, 0.2) is 0 Å². The molecule has 16 heavy (non-hydrogen) atoms. The van der Waals surface area contributed by atoms with Gasteiger partial charge in [-0.2, -0.15) is 0 Å². The van der Waals surface area contributed by atoms with Gasteiger partial charge in [0.05, 0.1) is 0 Å². The van der Waals surface area contributed by atoms with Gasteiger partial charge >= 0.3 is 0 Å². The fraction of sp³-hybridized carbons (Fsp3) is 1.00. The van der Waals surface area contributed by atoms with Gasteiger partial charge < -0.3 is 5.32 Å². The minimum absolute atomic E-state index is 0.657. The number of likely N-dealkylation sites (N-methyl/N-ethyl adjacent to an activating group) is 1. The summed E-state index contributed by atoms with van der Waals surface area (Å²) in [6.45, 7) is 11.5. The Kier molecular flexibility index (Phi) is 6.37. The molecule has 1 aliphatic rings. The highest BCUT2D eigenvalue weighted by Gasteiger charge is 2.24. The molecule has 0 aromatic heterocycles. The maximum Gasteiger partial charge on any atom is 0.0195 e. The van der Waals surface area contributed by atoms with Gasteiger partial charge in [0.15, 0.2) is 0 Å². The molecule has 0 spiro atoms. The van der Waals surface area contributed by atoms with E-state index in [1.807, 2.05) is 0 Å². The van der Waals surface area contributed by atoms with Crippen LogP contribution in [0.3, 0.4) is 0 Å². The SMILES string of the molecule is CCC(C)NCC(C)N(CC)C1CCCC1. The molecule has 1 saturated carbocycles. The number of nitrogens with one attached hydrogen (secondary N) is 1. The van der Waals surface area contributed by atoms with Gasteiger partial charge in [-0.25, -0.2) is 0 Å². The Morgan fingerprint density at radius 1 is 1.19 bits per heavy atom. The monoisotopic (exact) mass is 226 g/mol. The Bertz CT molecular complexity index is 176. The van der Waals surface area contributed by atoms with Crippen LogP contribution >= 0.6 is 0 Å². The van der Waals surface area contributed by atoms with Gasteiger partial charge in [0.25, 0.3) is 0 Å². The lowest BCUT2D eigenvalue weighted by Crippen LogP contribution is -2.46. The van der Waals surface area contributed by atoms with Crippen molar-refractivity contribution in [3.05, 3.63) is 0 Å². The lowest BCUT2D eigenvalue weighted by molar-refractivity contribution is 0.149. The highest BCUT2D eigenvalue weighted by atomic mass is 15.2. The van der Waals surface area contributed by atoms with Crippen LogP contribution in [0.2, 0.25) is 0 Å². The summed E-state index contributed by atoms with van der Waals surface area (Å²) in [5.74, 6) is 0. The zero-order chi connectivity index (χ0) is 12.0. The van der Waals surface area contributed by atoms with E-state index in [0.29, 0.717) is 12.1 Å². The lowest BCUT2D eigenvalue weighted by Gasteiger charge is -2.34. The normalized spacial score (nSPS) is 21.6. The first kappa shape index (κ1) is 14.0. The molecule has 0 aromatic carbocycles. The predicted molar refractivity (Wildman–Crippen MR) is 71.9 cm³/mol. The van der Waals surface area contributed by atoms with Gasteiger partial charge in [0, 0.05) is 24.7 Å². The largest absolute Gasteiger partial charge is 0.313 e. The Balaban J connectivity index is 2.33. The zero-order valence-electron chi connectivity index (χ0n) is 11.6. The molecular formula is C14H30N2. The summed E-state index contributed by atoms with van der Waals surface area (Å²) in [7, 11) is 0. The van der Waals surface area contributed by atoms with E-state index in [-0.39, 0.29) is 0 Å². The fourth-order valence-corrected chi connectivity index (χ4v) is 2.80. The van der Waals surface area contributed by atoms with E-state index < -0.39 is 0 Å². The van der Waals surface area contributed by atoms with Crippen LogP contribution in [-0.4, -0.2) is 36.1 Å². The third kappa shape index (κ3) is 4.06. The summed E-state index contributed by atoms with van der Waals surface area (Å²) in [6.07, 6.45) is 6.94. The lowest BCUT2D eigenvalue weighted by atomic mass is 10.1. The van der Waals surface area contributed by atoms with Gasteiger partial charge in [-0.3, -0.25) is 4.90 Å². The van der Waals surface area contributed by atoms with Crippen molar-refractivity contribution >= 4 is 0 Å². The number of rotatable bonds is 7. The highest BCUT2D eigenvalue weighted by molar-refractivity contribution is 4.81. The first-order chi connectivity index (χ1) is 7.69. The first-order valence-corrected chi connectivity index (χ1v) is 7.18. The van der Waals surface area contributed by atoms with Crippen molar-refractivity contribution in [2.24, 2.45) is 0 Å². The second kappa shape index (κ2) is 7.29. The molecule has 96 valence electrons. The topological polar surface area (TPSA) is 15.3 Å². The highest BCUT2D eigenvalue weighted by Crippen LogP contribution is 2.24. The van der Waals surface area contributed by atoms with Gasteiger partial charge in [-0.05, 0) is 39.7 Å². The first-order valence-electron chi connectivity index (χ1n) is 7.18. The summed E-state index contributed by atoms with van der Waals surface area (Å²) in [5, 5.41) is 3.63. The molecule has 1 aliphatic carbocycles. The molecule has 2 unspecified atom stereocenters. The summed E-state index contributed by atoms with van der Waals surface area (Å²) < 4.78 is 0. The molecule has 0 radical (unpaired) electrons. The van der Waals surface area contributed by atoms with Crippen LogP contribution in [0.5, 0.6) is 0 Å². The molecule has 1 rings (SSSR count). The predicted octanol–water partition coefficient (Wildman–Crippen LogP) is 3.03. The zero-order valence-corrected chi connectivity index (χ0v) is 11.6. The van der Waals surface area contributed by atoms with Crippen LogP contribution < -0.4 is 5.32 Å². The van der Waals surface area contributed by atoms with Crippen LogP contribution in [0, 0.1) is 0 Å². The van der Waals surface area contributed by atoms with Crippen molar-refractivity contribution in [3.63, 3.8) is 0 Å². The van der Waals surface area contributed by atoms with E-state index in [9.17, 15) is 0 Å². The Morgan fingerprint density at radius 3 is 2.31 bits per heavy atom. The molecule has 2 nitrogen and oxygen atoms in total. The quantitative estimate of drug-likeness (QED) is 0.718. The van der Waals surface area contributed by atoms with E-state index >= 15 is 0 Å². The van der Waals surface area contributed by atoms with Crippen LogP contribution in [-0.2, 0) is 0 Å². The maximum atomic E-state index is 3.63. The Morgan fingerprint density at radius 2 is 1.81 bits per heavy atom. The van der Waals surface area contributed by atoms with E-state index in [4.69, 9.17) is 0 Å².